The van der Waals surface area contributed by atoms with Gasteiger partial charge >= 0.3 is 0 Å². The van der Waals surface area contributed by atoms with Crippen LogP contribution in [-0.2, 0) is 11.3 Å². The maximum absolute atomic E-state index is 12.3. The van der Waals surface area contributed by atoms with E-state index in [4.69, 9.17) is 4.74 Å². The van der Waals surface area contributed by atoms with Crippen molar-refractivity contribution in [3.8, 4) is 0 Å². The highest BCUT2D eigenvalue weighted by atomic mass is 32.1. The molecule has 2 rings (SSSR count). The zero-order valence-corrected chi connectivity index (χ0v) is 12.2. The number of hydrogen-bond acceptors (Lipinski definition) is 5. The molecule has 1 unspecified atom stereocenters. The zero-order valence-electron chi connectivity index (χ0n) is 11.3. The van der Waals surface area contributed by atoms with Crippen LogP contribution in [0.2, 0.25) is 0 Å². The third kappa shape index (κ3) is 2.86. The van der Waals surface area contributed by atoms with E-state index in [1.807, 2.05) is 20.8 Å². The Balaban J connectivity index is 2.32. The molecule has 0 spiro atoms. The number of aliphatic hydroxyl groups is 1. The summed E-state index contributed by atoms with van der Waals surface area (Å²) in [6.07, 6.45) is 0.798. The summed E-state index contributed by atoms with van der Waals surface area (Å²) < 4.78 is 6.59. The first-order chi connectivity index (χ1) is 9.04. The Kier molecular flexibility index (Phi) is 4.34. The minimum atomic E-state index is -0.697. The van der Waals surface area contributed by atoms with E-state index in [0.717, 1.165) is 15.3 Å². The lowest BCUT2D eigenvalue weighted by Gasteiger charge is -2.12. The molecule has 6 heteroatoms. The minimum absolute atomic E-state index is 0.0950. The van der Waals surface area contributed by atoms with Crippen LogP contribution in [0.5, 0.6) is 0 Å². The van der Waals surface area contributed by atoms with Crippen molar-refractivity contribution in [1.82, 2.24) is 9.55 Å². The molecule has 0 bridgehead atoms. The van der Waals surface area contributed by atoms with Crippen molar-refractivity contribution in [2.75, 3.05) is 13.2 Å². The lowest BCUT2D eigenvalue weighted by Crippen LogP contribution is -2.29. The number of aryl methyl sites for hydroxylation is 2. The molecule has 0 aromatic carbocycles. The molecule has 0 radical (unpaired) electrons. The highest BCUT2D eigenvalue weighted by Gasteiger charge is 2.13. The van der Waals surface area contributed by atoms with Gasteiger partial charge in [0.1, 0.15) is 4.83 Å². The Morgan fingerprint density at radius 3 is 2.95 bits per heavy atom. The summed E-state index contributed by atoms with van der Waals surface area (Å²) in [5.41, 5.74) is 0.883. The van der Waals surface area contributed by atoms with Crippen LogP contribution in [0.1, 0.15) is 17.4 Å². The molecule has 0 amide bonds. The van der Waals surface area contributed by atoms with Gasteiger partial charge in [0.15, 0.2) is 0 Å². The smallest absolute Gasteiger partial charge is 0.262 e. The first-order valence-corrected chi connectivity index (χ1v) is 7.07. The molecular formula is C13H18N2O3S. The number of ether oxygens (including phenoxy) is 1. The van der Waals surface area contributed by atoms with E-state index in [-0.39, 0.29) is 18.7 Å². The van der Waals surface area contributed by atoms with Gasteiger partial charge in [-0.2, -0.15) is 0 Å². The molecule has 2 heterocycles. The van der Waals surface area contributed by atoms with E-state index in [0.29, 0.717) is 12.0 Å². The molecule has 2 aromatic rings. The van der Waals surface area contributed by atoms with Crippen molar-refractivity contribution in [3.63, 3.8) is 0 Å². The van der Waals surface area contributed by atoms with Gasteiger partial charge in [-0.15, -0.1) is 11.3 Å². The van der Waals surface area contributed by atoms with Gasteiger partial charge in [0.2, 0.25) is 0 Å². The Morgan fingerprint density at radius 2 is 2.26 bits per heavy atom. The topological polar surface area (TPSA) is 64.3 Å². The zero-order chi connectivity index (χ0) is 14.0. The van der Waals surface area contributed by atoms with Crippen LogP contribution in [0.4, 0.5) is 0 Å². The van der Waals surface area contributed by atoms with Gasteiger partial charge in [-0.3, -0.25) is 9.36 Å². The molecule has 0 aliphatic carbocycles. The van der Waals surface area contributed by atoms with E-state index in [1.165, 1.54) is 22.2 Å². The normalized spacial score (nSPS) is 13.1. The standard InChI is InChI=1S/C13H18N2O3S/c1-4-18-6-10(16)5-15-7-14-12-11(13(15)17)8(2)9(3)19-12/h7,10,16H,4-6H2,1-3H3. The SMILES string of the molecule is CCOCC(O)Cn1cnc2sc(C)c(C)c2c1=O. The Bertz CT molecular complexity index is 633. The van der Waals surface area contributed by atoms with Crippen LogP contribution in [-0.4, -0.2) is 34.0 Å². The van der Waals surface area contributed by atoms with Gasteiger partial charge < -0.3 is 9.84 Å². The van der Waals surface area contributed by atoms with Crippen molar-refractivity contribution in [2.45, 2.75) is 33.4 Å². The summed E-state index contributed by atoms with van der Waals surface area (Å²) in [6.45, 7) is 6.75. The fraction of sp³-hybridized carbons (Fsp3) is 0.538. The van der Waals surface area contributed by atoms with Crippen molar-refractivity contribution in [2.24, 2.45) is 0 Å². The van der Waals surface area contributed by atoms with E-state index >= 15 is 0 Å². The maximum atomic E-state index is 12.3. The molecule has 104 valence electrons. The molecule has 2 aromatic heterocycles. The predicted molar refractivity (Wildman–Crippen MR) is 75.9 cm³/mol. The summed E-state index contributed by atoms with van der Waals surface area (Å²) >= 11 is 1.52. The van der Waals surface area contributed by atoms with Gasteiger partial charge in [0.25, 0.3) is 5.56 Å². The Labute approximate surface area is 115 Å². The molecule has 5 nitrogen and oxygen atoms in total. The summed E-state index contributed by atoms with van der Waals surface area (Å²) in [5.74, 6) is 0. The average Bonchev–Trinajstić information content (AvgIpc) is 2.67. The van der Waals surface area contributed by atoms with E-state index in [1.54, 1.807) is 0 Å². The Hall–Kier alpha value is -1.24. The quantitative estimate of drug-likeness (QED) is 0.902. The van der Waals surface area contributed by atoms with Crippen molar-refractivity contribution >= 4 is 21.6 Å². The third-order valence-electron chi connectivity index (χ3n) is 3.08. The van der Waals surface area contributed by atoms with Crippen LogP contribution in [0, 0.1) is 13.8 Å². The summed E-state index contributed by atoms with van der Waals surface area (Å²) in [5, 5.41) is 10.5. The highest BCUT2D eigenvalue weighted by Crippen LogP contribution is 2.25. The molecule has 0 saturated carbocycles. The summed E-state index contributed by atoms with van der Waals surface area (Å²) in [6, 6.07) is 0. The maximum Gasteiger partial charge on any atom is 0.262 e. The van der Waals surface area contributed by atoms with E-state index in [9.17, 15) is 9.90 Å². The highest BCUT2D eigenvalue weighted by molar-refractivity contribution is 7.18. The molecule has 19 heavy (non-hydrogen) atoms. The van der Waals surface area contributed by atoms with Crippen molar-refractivity contribution < 1.29 is 9.84 Å². The van der Waals surface area contributed by atoms with Crippen LogP contribution in [0.25, 0.3) is 10.2 Å². The summed E-state index contributed by atoms with van der Waals surface area (Å²) in [4.78, 5) is 18.5. The van der Waals surface area contributed by atoms with Gasteiger partial charge in [0, 0.05) is 11.5 Å². The van der Waals surface area contributed by atoms with Gasteiger partial charge in [-0.25, -0.2) is 4.98 Å². The van der Waals surface area contributed by atoms with E-state index < -0.39 is 6.10 Å². The number of hydrogen-bond donors (Lipinski definition) is 1. The lowest BCUT2D eigenvalue weighted by atomic mass is 10.2. The second-order valence-electron chi connectivity index (χ2n) is 4.48. The summed E-state index contributed by atoms with van der Waals surface area (Å²) in [7, 11) is 0. The molecule has 0 aliphatic heterocycles. The number of nitrogens with zero attached hydrogens (tertiary/aromatic N) is 2. The number of aromatic nitrogens is 2. The van der Waals surface area contributed by atoms with E-state index in [2.05, 4.69) is 4.98 Å². The third-order valence-corrected chi connectivity index (χ3v) is 4.19. The first-order valence-electron chi connectivity index (χ1n) is 6.25. The Morgan fingerprint density at radius 1 is 1.53 bits per heavy atom. The molecule has 0 saturated heterocycles. The average molecular weight is 282 g/mol. The number of rotatable bonds is 5. The minimum Gasteiger partial charge on any atom is -0.389 e. The van der Waals surface area contributed by atoms with Gasteiger partial charge in [-0.1, -0.05) is 0 Å². The predicted octanol–water partition coefficient (Wildman–Crippen LogP) is 1.47. The van der Waals surface area contributed by atoms with Crippen LogP contribution in [0.15, 0.2) is 11.1 Å². The lowest BCUT2D eigenvalue weighted by molar-refractivity contribution is 0.0329. The fourth-order valence-electron chi connectivity index (χ4n) is 1.93. The molecule has 1 N–H and O–H groups in total. The fourth-order valence-corrected chi connectivity index (χ4v) is 2.92. The molecular weight excluding hydrogens is 264 g/mol. The number of aliphatic hydroxyl groups excluding tert-OH is 1. The van der Waals surface area contributed by atoms with Gasteiger partial charge in [-0.05, 0) is 26.3 Å². The molecule has 0 fully saturated rings. The van der Waals surface area contributed by atoms with Crippen molar-refractivity contribution in [3.05, 3.63) is 27.1 Å². The second kappa shape index (κ2) is 5.81. The molecule has 1 atom stereocenters. The van der Waals surface area contributed by atoms with Crippen LogP contribution >= 0.6 is 11.3 Å². The van der Waals surface area contributed by atoms with Crippen LogP contribution < -0.4 is 5.56 Å². The largest absolute Gasteiger partial charge is 0.389 e. The second-order valence-corrected chi connectivity index (χ2v) is 5.68. The first kappa shape index (κ1) is 14.2. The van der Waals surface area contributed by atoms with Crippen molar-refractivity contribution in [1.29, 1.82) is 0 Å². The number of thiophene rings is 1. The molecule has 0 aliphatic rings. The van der Waals surface area contributed by atoms with Crippen LogP contribution in [0.3, 0.4) is 0 Å². The van der Waals surface area contributed by atoms with Gasteiger partial charge in [0.05, 0.1) is 31.0 Å². The monoisotopic (exact) mass is 282 g/mol. The number of fused-ring (bicyclic) bond motifs is 1.